The van der Waals surface area contributed by atoms with E-state index in [4.69, 9.17) is 14.5 Å². The van der Waals surface area contributed by atoms with Crippen molar-refractivity contribution in [3.8, 4) is 11.5 Å². The van der Waals surface area contributed by atoms with Gasteiger partial charge in [0, 0.05) is 0 Å². The van der Waals surface area contributed by atoms with Crippen LogP contribution in [0.1, 0.15) is 11.4 Å². The van der Waals surface area contributed by atoms with Gasteiger partial charge in [0.1, 0.15) is 30.5 Å². The van der Waals surface area contributed by atoms with Gasteiger partial charge in [-0.25, -0.2) is 4.98 Å². The highest BCUT2D eigenvalue weighted by Gasteiger charge is 2.12. The summed E-state index contributed by atoms with van der Waals surface area (Å²) < 4.78 is 14.4. The lowest BCUT2D eigenvalue weighted by molar-refractivity contribution is 0.271. The minimum Gasteiger partial charge on any atom is -0.492 e. The van der Waals surface area contributed by atoms with Crippen molar-refractivity contribution in [2.75, 3.05) is 6.61 Å². The highest BCUT2D eigenvalue weighted by Crippen LogP contribution is 2.22. The zero-order valence-electron chi connectivity index (χ0n) is 17.5. The first-order chi connectivity index (χ1) is 15.3. The Kier molecular flexibility index (Phi) is 5.28. The van der Waals surface area contributed by atoms with Gasteiger partial charge in [0.15, 0.2) is 0 Å². The van der Waals surface area contributed by atoms with Gasteiger partial charge in [0.05, 0.1) is 17.6 Å². The van der Waals surface area contributed by atoms with Gasteiger partial charge in [-0.3, -0.25) is 0 Å². The normalized spacial score (nSPS) is 11.1. The van der Waals surface area contributed by atoms with Crippen molar-refractivity contribution < 1.29 is 9.47 Å². The molecular weight excluding hydrogens is 384 g/mol. The van der Waals surface area contributed by atoms with Crippen molar-refractivity contribution in [1.82, 2.24) is 9.55 Å². The summed E-state index contributed by atoms with van der Waals surface area (Å²) in [5, 5.41) is 2.39. The molecule has 0 bridgehead atoms. The molecule has 0 N–H and O–H groups in total. The standard InChI is InChI=1S/C27H24N2O2/c1-20-8-2-7-13-26(20)31-19-27-28-24-11-5-6-12-25(24)29(27)16-17-30-23-15-14-21-9-3-4-10-22(21)18-23/h2-15,18H,16-17,19H2,1H3. The van der Waals surface area contributed by atoms with Crippen LogP contribution in [0.25, 0.3) is 21.8 Å². The number of hydrogen-bond acceptors (Lipinski definition) is 3. The number of imidazole rings is 1. The Morgan fingerprint density at radius 1 is 0.774 bits per heavy atom. The second-order valence-corrected chi connectivity index (χ2v) is 7.58. The Labute approximate surface area is 181 Å². The molecule has 5 aromatic rings. The fourth-order valence-corrected chi connectivity index (χ4v) is 3.86. The first kappa shape index (κ1) is 19.2. The van der Waals surface area contributed by atoms with Crippen molar-refractivity contribution in [2.24, 2.45) is 0 Å². The summed E-state index contributed by atoms with van der Waals surface area (Å²) in [6.07, 6.45) is 0. The van der Waals surface area contributed by atoms with E-state index < -0.39 is 0 Å². The molecule has 0 saturated heterocycles. The number of benzene rings is 4. The van der Waals surface area contributed by atoms with Gasteiger partial charge in [-0.1, -0.05) is 60.7 Å². The Morgan fingerprint density at radius 3 is 2.45 bits per heavy atom. The molecule has 0 aliphatic carbocycles. The van der Waals surface area contributed by atoms with Gasteiger partial charge in [-0.2, -0.15) is 0 Å². The van der Waals surface area contributed by atoms with Crippen molar-refractivity contribution in [3.63, 3.8) is 0 Å². The molecule has 31 heavy (non-hydrogen) atoms. The van der Waals surface area contributed by atoms with Crippen LogP contribution in [0.4, 0.5) is 0 Å². The van der Waals surface area contributed by atoms with Crippen LogP contribution in [0.5, 0.6) is 11.5 Å². The van der Waals surface area contributed by atoms with Gasteiger partial charge in [-0.05, 0) is 53.6 Å². The topological polar surface area (TPSA) is 36.3 Å². The smallest absolute Gasteiger partial charge is 0.148 e. The number of rotatable bonds is 7. The molecule has 1 heterocycles. The molecule has 4 aromatic carbocycles. The highest BCUT2D eigenvalue weighted by atomic mass is 16.5. The third kappa shape index (κ3) is 4.10. The molecule has 0 unspecified atom stereocenters. The van der Waals surface area contributed by atoms with Gasteiger partial charge in [-0.15, -0.1) is 0 Å². The second-order valence-electron chi connectivity index (χ2n) is 7.58. The van der Waals surface area contributed by atoms with Gasteiger partial charge in [0.25, 0.3) is 0 Å². The van der Waals surface area contributed by atoms with Crippen molar-refractivity contribution in [2.45, 2.75) is 20.1 Å². The van der Waals surface area contributed by atoms with E-state index in [2.05, 4.69) is 47.9 Å². The summed E-state index contributed by atoms with van der Waals surface area (Å²) in [5.74, 6) is 2.65. The molecule has 0 fully saturated rings. The molecule has 4 nitrogen and oxygen atoms in total. The van der Waals surface area contributed by atoms with Crippen LogP contribution in [0.3, 0.4) is 0 Å². The fraction of sp³-hybridized carbons (Fsp3) is 0.148. The van der Waals surface area contributed by atoms with Crippen LogP contribution in [0, 0.1) is 6.92 Å². The van der Waals surface area contributed by atoms with Crippen LogP contribution in [0.2, 0.25) is 0 Å². The largest absolute Gasteiger partial charge is 0.492 e. The first-order valence-electron chi connectivity index (χ1n) is 10.5. The average molecular weight is 409 g/mol. The van der Waals surface area contributed by atoms with Crippen molar-refractivity contribution in [1.29, 1.82) is 0 Å². The molecule has 5 rings (SSSR count). The third-order valence-electron chi connectivity index (χ3n) is 5.49. The van der Waals surface area contributed by atoms with Crippen molar-refractivity contribution >= 4 is 21.8 Å². The second kappa shape index (κ2) is 8.52. The number of hydrogen-bond donors (Lipinski definition) is 0. The summed E-state index contributed by atoms with van der Waals surface area (Å²) in [6.45, 7) is 3.71. The lowest BCUT2D eigenvalue weighted by Gasteiger charge is -2.13. The van der Waals surface area contributed by atoms with Crippen LogP contribution in [-0.2, 0) is 13.2 Å². The van der Waals surface area contributed by atoms with E-state index in [1.54, 1.807) is 0 Å². The minimum atomic E-state index is 0.412. The van der Waals surface area contributed by atoms with E-state index in [1.165, 1.54) is 10.8 Å². The van der Waals surface area contributed by atoms with Gasteiger partial charge < -0.3 is 14.0 Å². The lowest BCUT2D eigenvalue weighted by atomic mass is 10.1. The predicted octanol–water partition coefficient (Wildman–Crippen LogP) is 6.16. The van der Waals surface area contributed by atoms with E-state index >= 15 is 0 Å². The Morgan fingerprint density at radius 2 is 1.55 bits per heavy atom. The fourth-order valence-electron chi connectivity index (χ4n) is 3.86. The van der Waals surface area contributed by atoms with E-state index in [1.807, 2.05) is 54.6 Å². The zero-order chi connectivity index (χ0) is 21.0. The number of nitrogens with zero attached hydrogens (tertiary/aromatic N) is 2. The molecule has 0 aliphatic rings. The van der Waals surface area contributed by atoms with Gasteiger partial charge >= 0.3 is 0 Å². The quantitative estimate of drug-likeness (QED) is 0.324. The Bertz CT molecular complexity index is 1340. The van der Waals surface area contributed by atoms with E-state index in [-0.39, 0.29) is 0 Å². The molecule has 0 amide bonds. The molecule has 0 radical (unpaired) electrons. The maximum absolute atomic E-state index is 6.08. The molecule has 4 heteroatoms. The SMILES string of the molecule is Cc1ccccc1OCc1nc2ccccc2n1CCOc1ccc2ccccc2c1. The zero-order valence-corrected chi connectivity index (χ0v) is 17.5. The molecule has 0 atom stereocenters. The maximum Gasteiger partial charge on any atom is 0.148 e. The first-order valence-corrected chi connectivity index (χ1v) is 10.5. The monoisotopic (exact) mass is 408 g/mol. The Balaban J connectivity index is 1.34. The molecule has 0 spiro atoms. The van der Waals surface area contributed by atoms with Crippen LogP contribution in [0.15, 0.2) is 91.0 Å². The van der Waals surface area contributed by atoms with Crippen LogP contribution < -0.4 is 9.47 Å². The summed E-state index contributed by atoms with van der Waals surface area (Å²) in [7, 11) is 0. The molecular formula is C27H24N2O2. The summed E-state index contributed by atoms with van der Waals surface area (Å²) in [4.78, 5) is 4.81. The van der Waals surface area contributed by atoms with Gasteiger partial charge in [0.2, 0.25) is 0 Å². The van der Waals surface area contributed by atoms with E-state index in [9.17, 15) is 0 Å². The highest BCUT2D eigenvalue weighted by molar-refractivity contribution is 5.83. The number of fused-ring (bicyclic) bond motifs is 2. The van der Waals surface area contributed by atoms with Crippen molar-refractivity contribution in [3.05, 3.63) is 102 Å². The summed E-state index contributed by atoms with van der Waals surface area (Å²) in [5.41, 5.74) is 3.18. The van der Waals surface area contributed by atoms with Crippen LogP contribution in [-0.4, -0.2) is 16.2 Å². The van der Waals surface area contributed by atoms with E-state index in [0.717, 1.165) is 33.9 Å². The molecule has 0 aliphatic heterocycles. The predicted molar refractivity (Wildman–Crippen MR) is 125 cm³/mol. The van der Waals surface area contributed by atoms with Crippen LogP contribution >= 0.6 is 0 Å². The van der Waals surface area contributed by atoms with E-state index in [0.29, 0.717) is 19.8 Å². The Hall–Kier alpha value is -3.79. The summed E-state index contributed by atoms with van der Waals surface area (Å²) >= 11 is 0. The number of aromatic nitrogens is 2. The number of ether oxygens (including phenoxy) is 2. The average Bonchev–Trinajstić information content (AvgIpc) is 3.16. The molecule has 1 aromatic heterocycles. The molecule has 154 valence electrons. The third-order valence-corrected chi connectivity index (χ3v) is 5.49. The number of aryl methyl sites for hydroxylation is 1. The minimum absolute atomic E-state index is 0.412. The maximum atomic E-state index is 6.08. The molecule has 0 saturated carbocycles. The number of para-hydroxylation sites is 3. The summed E-state index contributed by atoms with van der Waals surface area (Å²) in [6, 6.07) is 30.7. The lowest BCUT2D eigenvalue weighted by Crippen LogP contribution is -2.13.